The zero-order valence-corrected chi connectivity index (χ0v) is 13.3. The number of methoxy groups -OCH3 is 1. The maximum absolute atomic E-state index is 13.9. The van der Waals surface area contributed by atoms with E-state index in [2.05, 4.69) is 0 Å². The Morgan fingerprint density at radius 3 is 2.64 bits per heavy atom. The molecule has 4 nitrogen and oxygen atoms in total. The van der Waals surface area contributed by atoms with Gasteiger partial charge in [-0.3, -0.25) is 9.59 Å². The number of carbonyl (C=O) groups is 2. The fourth-order valence-corrected chi connectivity index (χ4v) is 3.07. The Bertz CT molecular complexity index is 651. The topological polar surface area (TPSA) is 46.6 Å². The lowest BCUT2D eigenvalue weighted by Gasteiger charge is -2.27. The maximum atomic E-state index is 13.9. The summed E-state index contributed by atoms with van der Waals surface area (Å²) in [6, 6.07) is 4.60. The van der Waals surface area contributed by atoms with Gasteiger partial charge in [0.1, 0.15) is 11.2 Å². The Kier molecular flexibility index (Phi) is 4.35. The highest BCUT2D eigenvalue weighted by molar-refractivity contribution is 6.05. The van der Waals surface area contributed by atoms with E-state index >= 15 is 0 Å². The third-order valence-electron chi connectivity index (χ3n) is 4.09. The zero-order valence-electron chi connectivity index (χ0n) is 13.3. The minimum Gasteiger partial charge on any atom is -0.468 e. The van der Waals surface area contributed by atoms with Crippen molar-refractivity contribution >= 4 is 11.8 Å². The molecule has 22 heavy (non-hydrogen) atoms. The molecule has 1 aromatic rings. The van der Waals surface area contributed by atoms with E-state index in [1.807, 2.05) is 14.1 Å². The fraction of sp³-hybridized carbons (Fsp3) is 0.412. The van der Waals surface area contributed by atoms with Crippen LogP contribution in [-0.2, 0) is 19.7 Å². The number of hydrogen-bond acceptors (Lipinski definition) is 4. The molecule has 0 N–H and O–H groups in total. The summed E-state index contributed by atoms with van der Waals surface area (Å²) in [6.07, 6.45) is 1.94. The van der Waals surface area contributed by atoms with Crippen LogP contribution in [0.15, 0.2) is 30.0 Å². The lowest BCUT2D eigenvalue weighted by Crippen LogP contribution is -2.35. The van der Waals surface area contributed by atoms with Crippen molar-refractivity contribution in [1.29, 1.82) is 0 Å². The molecule has 0 saturated heterocycles. The minimum atomic E-state index is -1.14. The van der Waals surface area contributed by atoms with Crippen LogP contribution in [-0.4, -0.2) is 37.9 Å². The number of halogens is 1. The van der Waals surface area contributed by atoms with Gasteiger partial charge in [0.05, 0.1) is 7.11 Å². The number of benzene rings is 1. The van der Waals surface area contributed by atoms with E-state index in [1.165, 1.54) is 13.2 Å². The van der Waals surface area contributed by atoms with Crippen LogP contribution in [0, 0.1) is 12.7 Å². The van der Waals surface area contributed by atoms with Gasteiger partial charge in [-0.25, -0.2) is 4.39 Å². The van der Waals surface area contributed by atoms with Gasteiger partial charge in [0.25, 0.3) is 0 Å². The van der Waals surface area contributed by atoms with Crippen molar-refractivity contribution in [3.63, 3.8) is 0 Å². The summed E-state index contributed by atoms with van der Waals surface area (Å²) in [6.45, 7) is 1.62. The molecule has 0 aromatic heterocycles. The number of ether oxygens (including phenoxy) is 1. The molecule has 1 saturated carbocycles. The lowest BCUT2D eigenvalue weighted by atomic mass is 9.76. The average Bonchev–Trinajstić information content (AvgIpc) is 2.78. The molecule has 2 rings (SSSR count). The van der Waals surface area contributed by atoms with Crippen LogP contribution in [0.25, 0.3) is 0 Å². The van der Waals surface area contributed by atoms with Gasteiger partial charge in [0.15, 0.2) is 5.78 Å². The van der Waals surface area contributed by atoms with Crippen molar-refractivity contribution in [2.24, 2.45) is 0 Å². The normalized spacial score (nSPS) is 23.0. The quantitative estimate of drug-likeness (QED) is 0.635. The van der Waals surface area contributed by atoms with Crippen LogP contribution in [0.3, 0.4) is 0 Å². The number of rotatable bonds is 3. The second kappa shape index (κ2) is 5.91. The summed E-state index contributed by atoms with van der Waals surface area (Å²) < 4.78 is 18.8. The highest BCUT2D eigenvalue weighted by atomic mass is 19.1. The van der Waals surface area contributed by atoms with Gasteiger partial charge in [-0.2, -0.15) is 0 Å². The van der Waals surface area contributed by atoms with Gasteiger partial charge in [0, 0.05) is 32.3 Å². The van der Waals surface area contributed by atoms with E-state index in [-0.39, 0.29) is 18.6 Å². The first kappa shape index (κ1) is 16.2. The Morgan fingerprint density at radius 2 is 2.05 bits per heavy atom. The standard InChI is InChI=1S/C17H20FNO3/c1-11-13(6-5-7-14(11)18)17(16(21)22-4)8-12(10-19(2)3)15(20)9-17/h5-7,10H,8-9H2,1-4H3/b12-10+/t17-/m1/s1. The number of nitrogens with zero attached hydrogens (tertiary/aromatic N) is 1. The van der Waals surface area contributed by atoms with Crippen LogP contribution < -0.4 is 0 Å². The van der Waals surface area contributed by atoms with Gasteiger partial charge in [-0.1, -0.05) is 12.1 Å². The molecular weight excluding hydrogens is 285 g/mol. The third-order valence-corrected chi connectivity index (χ3v) is 4.09. The smallest absolute Gasteiger partial charge is 0.317 e. The van der Waals surface area contributed by atoms with Crippen LogP contribution in [0.4, 0.5) is 4.39 Å². The average molecular weight is 305 g/mol. The van der Waals surface area contributed by atoms with Crippen LogP contribution in [0.2, 0.25) is 0 Å². The van der Waals surface area contributed by atoms with Crippen molar-refractivity contribution in [3.05, 3.63) is 46.9 Å². The molecule has 5 heteroatoms. The Hall–Kier alpha value is -2.17. The predicted molar refractivity (Wildman–Crippen MR) is 80.8 cm³/mol. The summed E-state index contributed by atoms with van der Waals surface area (Å²) >= 11 is 0. The van der Waals surface area contributed by atoms with Gasteiger partial charge in [-0.05, 0) is 30.5 Å². The largest absolute Gasteiger partial charge is 0.468 e. The second-order valence-corrected chi connectivity index (χ2v) is 5.88. The van der Waals surface area contributed by atoms with E-state index in [1.54, 1.807) is 30.2 Å². The van der Waals surface area contributed by atoms with Gasteiger partial charge >= 0.3 is 5.97 Å². The number of allylic oxidation sites excluding steroid dienone is 1. The van der Waals surface area contributed by atoms with E-state index in [0.29, 0.717) is 16.7 Å². The third kappa shape index (κ3) is 2.63. The van der Waals surface area contributed by atoms with E-state index in [0.717, 1.165) is 0 Å². The molecule has 0 bridgehead atoms. The fourth-order valence-electron chi connectivity index (χ4n) is 3.07. The van der Waals surface area contributed by atoms with E-state index in [4.69, 9.17) is 4.74 Å². The minimum absolute atomic E-state index is 0.00361. The Morgan fingerprint density at radius 1 is 1.36 bits per heavy atom. The molecule has 0 radical (unpaired) electrons. The highest BCUT2D eigenvalue weighted by Gasteiger charge is 2.50. The predicted octanol–water partition coefficient (Wildman–Crippen LogP) is 2.35. The molecule has 1 fully saturated rings. The Balaban J connectivity index is 2.60. The van der Waals surface area contributed by atoms with Crippen molar-refractivity contribution in [2.75, 3.05) is 21.2 Å². The number of carbonyl (C=O) groups excluding carboxylic acids is 2. The summed E-state index contributed by atoms with van der Waals surface area (Å²) in [5.74, 6) is -1.00. The Labute approximate surface area is 129 Å². The van der Waals surface area contributed by atoms with Crippen molar-refractivity contribution in [1.82, 2.24) is 4.90 Å². The summed E-state index contributed by atoms with van der Waals surface area (Å²) in [4.78, 5) is 26.5. The monoisotopic (exact) mass is 305 g/mol. The SMILES string of the molecule is COC(=O)[C@@]1(c2cccc(F)c2C)CC(=O)/C(=C/N(C)C)C1. The van der Waals surface area contributed by atoms with Gasteiger partial charge < -0.3 is 9.64 Å². The van der Waals surface area contributed by atoms with Crippen molar-refractivity contribution in [2.45, 2.75) is 25.2 Å². The van der Waals surface area contributed by atoms with Crippen molar-refractivity contribution < 1.29 is 18.7 Å². The van der Waals surface area contributed by atoms with Crippen LogP contribution >= 0.6 is 0 Å². The highest BCUT2D eigenvalue weighted by Crippen LogP contribution is 2.44. The number of esters is 1. The van der Waals surface area contributed by atoms with E-state index in [9.17, 15) is 14.0 Å². The molecule has 0 unspecified atom stereocenters. The molecule has 1 aliphatic carbocycles. The lowest BCUT2D eigenvalue weighted by molar-refractivity contribution is -0.148. The van der Waals surface area contributed by atoms with Gasteiger partial charge in [-0.15, -0.1) is 0 Å². The molecular formula is C17H20FNO3. The second-order valence-electron chi connectivity index (χ2n) is 5.88. The van der Waals surface area contributed by atoms with Crippen LogP contribution in [0.1, 0.15) is 24.0 Å². The molecule has 0 amide bonds. The first-order chi connectivity index (χ1) is 10.3. The summed E-state index contributed by atoms with van der Waals surface area (Å²) in [5.41, 5.74) is 0.320. The molecule has 1 atom stereocenters. The maximum Gasteiger partial charge on any atom is 0.317 e. The van der Waals surface area contributed by atoms with Crippen LogP contribution in [0.5, 0.6) is 0 Å². The summed E-state index contributed by atoms with van der Waals surface area (Å²) in [7, 11) is 4.91. The molecule has 0 heterocycles. The zero-order chi connectivity index (χ0) is 16.5. The first-order valence-corrected chi connectivity index (χ1v) is 7.06. The van der Waals surface area contributed by atoms with Gasteiger partial charge in [0.2, 0.25) is 0 Å². The first-order valence-electron chi connectivity index (χ1n) is 7.06. The number of Topliss-reactive ketones (excluding diaryl/α,β-unsaturated/α-hetero) is 1. The molecule has 118 valence electrons. The molecule has 0 spiro atoms. The van der Waals surface area contributed by atoms with E-state index < -0.39 is 17.2 Å². The summed E-state index contributed by atoms with van der Waals surface area (Å²) in [5, 5.41) is 0. The molecule has 1 aliphatic rings. The number of ketones is 1. The number of hydrogen-bond donors (Lipinski definition) is 0. The molecule has 0 aliphatic heterocycles. The molecule has 1 aromatic carbocycles. The van der Waals surface area contributed by atoms with Crippen molar-refractivity contribution in [3.8, 4) is 0 Å².